The number of hydrogen-bond acceptors (Lipinski definition) is 2. The van der Waals surface area contributed by atoms with Crippen LogP contribution in [0.15, 0.2) is 211 Å². The molecule has 12 aromatic rings. The highest BCUT2D eigenvalue weighted by Crippen LogP contribution is 2.48. The Morgan fingerprint density at radius 2 is 1.00 bits per heavy atom. The second kappa shape index (κ2) is 12.5. The topological polar surface area (TPSA) is 21.3 Å². The number of hydrogen-bond donors (Lipinski definition) is 0. The third-order valence-corrected chi connectivity index (χ3v) is 11.8. The Bertz CT molecular complexity index is 3530. The van der Waals surface area contributed by atoms with Crippen molar-refractivity contribution in [2.75, 3.05) is 4.90 Å². The zero-order valence-corrected chi connectivity index (χ0v) is 30.9. The average molecular weight is 727 g/mol. The molecule has 0 atom stereocenters. The summed E-state index contributed by atoms with van der Waals surface area (Å²) in [6, 6.07) is 74.5. The molecule has 12 rings (SSSR count). The van der Waals surface area contributed by atoms with Crippen molar-refractivity contribution in [2.45, 2.75) is 0 Å². The number of rotatable bonds is 5. The summed E-state index contributed by atoms with van der Waals surface area (Å²) in [6.45, 7) is 0. The highest BCUT2D eigenvalue weighted by atomic mass is 16.3. The lowest BCUT2D eigenvalue weighted by Gasteiger charge is -2.28. The lowest BCUT2D eigenvalue weighted by Crippen LogP contribution is -2.11. The largest absolute Gasteiger partial charge is 0.454 e. The molecule has 266 valence electrons. The van der Waals surface area contributed by atoms with Gasteiger partial charge in [0.25, 0.3) is 0 Å². The summed E-state index contributed by atoms with van der Waals surface area (Å²) in [5.41, 5.74) is 10.8. The molecule has 0 aliphatic carbocycles. The third kappa shape index (κ3) is 4.79. The second-order valence-corrected chi connectivity index (χ2v) is 14.8. The van der Waals surface area contributed by atoms with E-state index in [1.165, 1.54) is 54.3 Å². The molecule has 0 fully saturated rings. The van der Waals surface area contributed by atoms with Crippen molar-refractivity contribution < 1.29 is 4.42 Å². The number of benzene rings is 10. The molecule has 57 heavy (non-hydrogen) atoms. The van der Waals surface area contributed by atoms with Crippen LogP contribution in [0.4, 0.5) is 17.1 Å². The molecule has 0 aliphatic rings. The van der Waals surface area contributed by atoms with E-state index < -0.39 is 0 Å². The average Bonchev–Trinajstić information content (AvgIpc) is 3.83. The van der Waals surface area contributed by atoms with Crippen LogP contribution in [-0.4, -0.2) is 4.57 Å². The van der Waals surface area contributed by atoms with Gasteiger partial charge in [0.2, 0.25) is 0 Å². The Balaban J connectivity index is 1.16. The summed E-state index contributed by atoms with van der Waals surface area (Å²) < 4.78 is 9.32. The van der Waals surface area contributed by atoms with Crippen LogP contribution in [0.3, 0.4) is 0 Å². The van der Waals surface area contributed by atoms with Crippen molar-refractivity contribution in [3.05, 3.63) is 206 Å². The Kier molecular flexibility index (Phi) is 6.93. The molecule has 0 N–H and O–H groups in total. The fourth-order valence-electron chi connectivity index (χ4n) is 9.27. The van der Waals surface area contributed by atoms with Gasteiger partial charge in [-0.1, -0.05) is 152 Å². The lowest BCUT2D eigenvalue weighted by molar-refractivity contribution is 0.669. The van der Waals surface area contributed by atoms with Gasteiger partial charge in [-0.25, -0.2) is 0 Å². The molecule has 0 radical (unpaired) electrons. The van der Waals surface area contributed by atoms with Crippen LogP contribution in [0.5, 0.6) is 0 Å². The summed E-state index contributed by atoms with van der Waals surface area (Å²) in [7, 11) is 0. The summed E-state index contributed by atoms with van der Waals surface area (Å²) in [5.74, 6) is 0. The normalized spacial score (nSPS) is 11.9. The molecular formula is C54H34N2O. The van der Waals surface area contributed by atoms with Gasteiger partial charge < -0.3 is 13.9 Å². The van der Waals surface area contributed by atoms with Crippen molar-refractivity contribution >= 4 is 93.1 Å². The highest BCUT2D eigenvalue weighted by molar-refractivity contribution is 6.22. The number of para-hydroxylation sites is 3. The molecule has 0 saturated carbocycles. The van der Waals surface area contributed by atoms with E-state index in [0.717, 1.165) is 55.6 Å². The molecular weight excluding hydrogens is 693 g/mol. The predicted molar refractivity (Wildman–Crippen MR) is 241 cm³/mol. The molecule has 2 heterocycles. The van der Waals surface area contributed by atoms with E-state index in [1.54, 1.807) is 0 Å². The molecule has 0 aliphatic heterocycles. The minimum atomic E-state index is 0.859. The van der Waals surface area contributed by atoms with Gasteiger partial charge in [0, 0.05) is 38.3 Å². The number of aromatic nitrogens is 1. The smallest absolute Gasteiger partial charge is 0.159 e. The summed E-state index contributed by atoms with van der Waals surface area (Å²) in [4.78, 5) is 2.41. The van der Waals surface area contributed by atoms with Gasteiger partial charge in [0.1, 0.15) is 5.58 Å². The van der Waals surface area contributed by atoms with Crippen LogP contribution < -0.4 is 4.90 Å². The Labute approximate surface area is 328 Å². The Hall–Kier alpha value is -7.62. The quantitative estimate of drug-likeness (QED) is 0.176. The molecule has 0 bridgehead atoms. The van der Waals surface area contributed by atoms with Gasteiger partial charge >= 0.3 is 0 Å². The van der Waals surface area contributed by atoms with Gasteiger partial charge in [-0.15, -0.1) is 0 Å². The first-order chi connectivity index (χ1) is 28.3. The van der Waals surface area contributed by atoms with Crippen molar-refractivity contribution in [1.82, 2.24) is 4.57 Å². The van der Waals surface area contributed by atoms with Gasteiger partial charge in [-0.05, 0) is 92.7 Å². The molecule has 0 amide bonds. The first-order valence-electron chi connectivity index (χ1n) is 19.5. The van der Waals surface area contributed by atoms with E-state index in [4.69, 9.17) is 4.42 Å². The monoisotopic (exact) mass is 726 g/mol. The summed E-state index contributed by atoms with van der Waals surface area (Å²) in [5, 5.41) is 11.9. The van der Waals surface area contributed by atoms with Crippen LogP contribution in [0.25, 0.3) is 92.9 Å². The van der Waals surface area contributed by atoms with Gasteiger partial charge in [-0.3, -0.25) is 0 Å². The summed E-state index contributed by atoms with van der Waals surface area (Å²) in [6.07, 6.45) is 0. The minimum Gasteiger partial charge on any atom is -0.454 e. The maximum absolute atomic E-state index is 6.94. The first-order valence-corrected chi connectivity index (χ1v) is 19.5. The van der Waals surface area contributed by atoms with Crippen LogP contribution >= 0.6 is 0 Å². The van der Waals surface area contributed by atoms with Crippen LogP contribution in [0.2, 0.25) is 0 Å². The van der Waals surface area contributed by atoms with E-state index in [1.807, 2.05) is 0 Å². The molecule has 3 nitrogen and oxygen atoms in total. The first kappa shape index (κ1) is 31.7. The van der Waals surface area contributed by atoms with Crippen molar-refractivity contribution in [3.8, 4) is 16.8 Å². The van der Waals surface area contributed by atoms with Gasteiger partial charge in [0.05, 0.1) is 22.4 Å². The van der Waals surface area contributed by atoms with Crippen LogP contribution in [0, 0.1) is 0 Å². The number of nitrogens with zero attached hydrogens (tertiary/aromatic N) is 2. The molecule has 0 unspecified atom stereocenters. The maximum Gasteiger partial charge on any atom is 0.159 e. The SMILES string of the molecule is c1ccc(-n2c3ccccc3c3cc(N(c4ccc(-c5cccc6ccccc56)c5ccccc45)c4cccc5c4oc4ccc6ccccc6c45)ccc32)cc1. The van der Waals surface area contributed by atoms with Crippen molar-refractivity contribution in [3.63, 3.8) is 0 Å². The standard InChI is InChI=1S/C54H34N2O/c1-2-17-37(18-3-1)55-48-26-11-10-23-45(48)47-34-38(29-31-50(47)55)56(51-27-13-25-46-53-40-20-7-5-15-36(40)28-33-52(53)57-54(46)51)49-32-30-43(42-21-8-9-22-44(42)49)41-24-12-16-35-14-4-6-19-39(35)41/h1-34H. The van der Waals surface area contributed by atoms with E-state index in [0.29, 0.717) is 0 Å². The van der Waals surface area contributed by atoms with E-state index in [9.17, 15) is 0 Å². The molecule has 0 saturated heterocycles. The van der Waals surface area contributed by atoms with E-state index >= 15 is 0 Å². The van der Waals surface area contributed by atoms with E-state index in [-0.39, 0.29) is 0 Å². The number of anilines is 3. The zero-order valence-electron chi connectivity index (χ0n) is 30.9. The Morgan fingerprint density at radius 3 is 1.86 bits per heavy atom. The molecule has 10 aromatic carbocycles. The highest BCUT2D eigenvalue weighted by Gasteiger charge is 2.24. The maximum atomic E-state index is 6.94. The lowest BCUT2D eigenvalue weighted by atomic mass is 9.93. The van der Waals surface area contributed by atoms with Gasteiger partial charge in [0.15, 0.2) is 5.58 Å². The zero-order chi connectivity index (χ0) is 37.5. The van der Waals surface area contributed by atoms with Crippen LogP contribution in [-0.2, 0) is 0 Å². The number of fused-ring (bicyclic) bond motifs is 10. The van der Waals surface area contributed by atoms with Gasteiger partial charge in [-0.2, -0.15) is 0 Å². The van der Waals surface area contributed by atoms with Crippen molar-refractivity contribution in [1.29, 1.82) is 0 Å². The fourth-order valence-corrected chi connectivity index (χ4v) is 9.27. The Morgan fingerprint density at radius 1 is 0.368 bits per heavy atom. The van der Waals surface area contributed by atoms with E-state index in [2.05, 4.69) is 216 Å². The predicted octanol–water partition coefficient (Wildman–Crippen LogP) is 15.3. The molecule has 0 spiro atoms. The van der Waals surface area contributed by atoms with Crippen LogP contribution in [0.1, 0.15) is 0 Å². The van der Waals surface area contributed by atoms with Crippen molar-refractivity contribution in [2.24, 2.45) is 0 Å². The minimum absolute atomic E-state index is 0.859. The molecule has 2 aromatic heterocycles. The number of furan rings is 1. The molecule has 3 heteroatoms. The fraction of sp³-hybridized carbons (Fsp3) is 0. The summed E-state index contributed by atoms with van der Waals surface area (Å²) >= 11 is 0. The second-order valence-electron chi connectivity index (χ2n) is 14.8. The third-order valence-electron chi connectivity index (χ3n) is 11.8.